The number of nitrogens with one attached hydrogen (secondary N) is 1. The van der Waals surface area contributed by atoms with Crippen molar-refractivity contribution in [3.05, 3.63) is 20.8 Å². The second-order valence-electron chi connectivity index (χ2n) is 5.67. The lowest BCUT2D eigenvalue weighted by Crippen LogP contribution is -2.47. The third-order valence-electron chi connectivity index (χ3n) is 3.82. The Balaban J connectivity index is 1.96. The fraction of sp³-hybridized carbons (Fsp3) is 0.500. The van der Waals surface area contributed by atoms with E-state index in [2.05, 4.69) is 21.2 Å². The Morgan fingerprint density at radius 2 is 2.14 bits per heavy atom. The van der Waals surface area contributed by atoms with Crippen LogP contribution in [0.3, 0.4) is 0 Å². The normalized spacial score (nSPS) is 22.4. The van der Waals surface area contributed by atoms with Gasteiger partial charge in [0.15, 0.2) is 0 Å². The molecule has 0 spiro atoms. The van der Waals surface area contributed by atoms with E-state index in [9.17, 15) is 19.5 Å². The molecule has 1 saturated heterocycles. The highest BCUT2D eigenvalue weighted by Gasteiger charge is 2.43. The first-order valence-electron chi connectivity index (χ1n) is 6.81. The van der Waals surface area contributed by atoms with E-state index in [4.69, 9.17) is 0 Å². The van der Waals surface area contributed by atoms with Gasteiger partial charge in [-0.1, -0.05) is 0 Å². The number of thiophene rings is 1. The van der Waals surface area contributed by atoms with Crippen LogP contribution >= 0.6 is 27.3 Å². The molecule has 0 aliphatic carbocycles. The quantitative estimate of drug-likeness (QED) is 0.824. The molecule has 1 fully saturated rings. The molecule has 2 heterocycles. The van der Waals surface area contributed by atoms with E-state index < -0.39 is 17.4 Å². The van der Waals surface area contributed by atoms with Crippen molar-refractivity contribution in [3.8, 4) is 0 Å². The molecule has 0 radical (unpaired) electrons. The summed E-state index contributed by atoms with van der Waals surface area (Å²) in [6.45, 7) is 3.81. The van der Waals surface area contributed by atoms with Crippen molar-refractivity contribution in [1.29, 1.82) is 0 Å². The van der Waals surface area contributed by atoms with Gasteiger partial charge in [0.25, 0.3) is 5.91 Å². The fourth-order valence-corrected chi connectivity index (χ4v) is 3.65. The van der Waals surface area contributed by atoms with Gasteiger partial charge in [-0.25, -0.2) is 0 Å². The summed E-state index contributed by atoms with van der Waals surface area (Å²) in [6.07, 6.45) is 0.423. The molecule has 8 heteroatoms. The summed E-state index contributed by atoms with van der Waals surface area (Å²) in [5.41, 5.74) is -0.905. The predicted molar refractivity (Wildman–Crippen MR) is 85.9 cm³/mol. The summed E-state index contributed by atoms with van der Waals surface area (Å²) in [6, 6.07) is 2.76. The Hall–Kier alpha value is -1.41. The predicted octanol–water partition coefficient (Wildman–Crippen LogP) is 1.95. The van der Waals surface area contributed by atoms with Crippen LogP contribution in [0.15, 0.2) is 15.9 Å². The Labute approximate surface area is 140 Å². The smallest absolute Gasteiger partial charge is 0.311 e. The molecule has 0 aromatic carbocycles. The molecule has 0 saturated carbocycles. The van der Waals surface area contributed by atoms with Gasteiger partial charge in [0.05, 0.1) is 14.1 Å². The molecule has 120 valence electrons. The van der Waals surface area contributed by atoms with Gasteiger partial charge in [0.1, 0.15) is 6.04 Å². The van der Waals surface area contributed by atoms with Crippen LogP contribution in [0.2, 0.25) is 0 Å². The number of hydrogen-bond donors (Lipinski definition) is 2. The maximum absolute atomic E-state index is 12.3. The first-order valence-corrected chi connectivity index (χ1v) is 8.42. The molecule has 1 aliphatic rings. The van der Waals surface area contributed by atoms with E-state index in [1.165, 1.54) is 16.2 Å². The number of nitrogens with zero attached hydrogens (tertiary/aromatic N) is 1. The molecular weight excluding hydrogens is 372 g/mol. The van der Waals surface area contributed by atoms with E-state index >= 15 is 0 Å². The lowest BCUT2D eigenvalue weighted by atomic mass is 9.90. The summed E-state index contributed by atoms with van der Waals surface area (Å²) in [4.78, 5) is 37.6. The first kappa shape index (κ1) is 17.0. The van der Waals surface area contributed by atoms with Crippen LogP contribution in [0.1, 0.15) is 29.9 Å². The zero-order valence-electron chi connectivity index (χ0n) is 12.3. The topological polar surface area (TPSA) is 86.7 Å². The molecule has 6 nitrogen and oxygen atoms in total. The monoisotopic (exact) mass is 388 g/mol. The maximum atomic E-state index is 12.3. The van der Waals surface area contributed by atoms with Crippen molar-refractivity contribution >= 4 is 45.1 Å². The molecule has 2 N–H and O–H groups in total. The van der Waals surface area contributed by atoms with E-state index in [1.54, 1.807) is 26.0 Å². The number of rotatable bonds is 4. The lowest BCUT2D eigenvalue weighted by Gasteiger charge is -2.23. The summed E-state index contributed by atoms with van der Waals surface area (Å²) >= 11 is 4.57. The highest BCUT2D eigenvalue weighted by molar-refractivity contribution is 9.11. The second kappa shape index (κ2) is 6.37. The number of hydrogen-bond acceptors (Lipinski definition) is 4. The van der Waals surface area contributed by atoms with Gasteiger partial charge in [0, 0.05) is 13.1 Å². The first-order chi connectivity index (χ1) is 10.2. The molecule has 2 rings (SSSR count). The minimum Gasteiger partial charge on any atom is -0.481 e. The highest BCUT2D eigenvalue weighted by Crippen LogP contribution is 2.30. The van der Waals surface area contributed by atoms with Crippen LogP contribution in [0.5, 0.6) is 0 Å². The Kier molecular flexibility index (Phi) is 4.91. The minimum absolute atomic E-state index is 0.173. The Bertz CT molecular complexity index is 618. The molecule has 2 unspecified atom stereocenters. The zero-order valence-corrected chi connectivity index (χ0v) is 14.7. The SMILES string of the molecule is CC(NC(=O)c1ccc(Br)s1)C(=O)N1CCC(C)(C(=O)O)C1. The molecule has 2 amide bonds. The number of carbonyl (C=O) groups is 3. The molecule has 0 bridgehead atoms. The average molecular weight is 389 g/mol. The number of aliphatic carboxylic acids is 1. The Morgan fingerprint density at radius 3 is 2.64 bits per heavy atom. The minimum atomic E-state index is -0.905. The number of amides is 2. The van der Waals surface area contributed by atoms with Crippen LogP contribution in [-0.4, -0.2) is 46.9 Å². The number of carboxylic acids is 1. The van der Waals surface area contributed by atoms with Gasteiger partial charge in [-0.2, -0.15) is 0 Å². The van der Waals surface area contributed by atoms with Crippen molar-refractivity contribution in [3.63, 3.8) is 0 Å². The van der Waals surface area contributed by atoms with Crippen LogP contribution in [0.25, 0.3) is 0 Å². The molecular formula is C14H17BrN2O4S. The van der Waals surface area contributed by atoms with E-state index in [1.807, 2.05) is 0 Å². The summed E-state index contributed by atoms with van der Waals surface area (Å²) < 4.78 is 0.841. The molecule has 1 aromatic heterocycles. The van der Waals surface area contributed by atoms with Crippen molar-refractivity contribution in [1.82, 2.24) is 10.2 Å². The summed E-state index contributed by atoms with van der Waals surface area (Å²) in [7, 11) is 0. The van der Waals surface area contributed by atoms with E-state index in [0.29, 0.717) is 17.8 Å². The van der Waals surface area contributed by atoms with Gasteiger partial charge in [-0.05, 0) is 48.3 Å². The van der Waals surface area contributed by atoms with Crippen LogP contribution in [-0.2, 0) is 9.59 Å². The van der Waals surface area contributed by atoms with Gasteiger partial charge in [0.2, 0.25) is 5.91 Å². The largest absolute Gasteiger partial charge is 0.481 e. The molecule has 1 aliphatic heterocycles. The third-order valence-corrected chi connectivity index (χ3v) is 5.44. The van der Waals surface area contributed by atoms with Crippen LogP contribution in [0.4, 0.5) is 0 Å². The Morgan fingerprint density at radius 1 is 1.45 bits per heavy atom. The molecule has 1 aromatic rings. The van der Waals surface area contributed by atoms with Crippen LogP contribution < -0.4 is 5.32 Å². The van der Waals surface area contributed by atoms with E-state index in [-0.39, 0.29) is 18.4 Å². The van der Waals surface area contributed by atoms with Gasteiger partial charge in [-0.15, -0.1) is 11.3 Å². The van der Waals surface area contributed by atoms with Gasteiger partial charge < -0.3 is 15.3 Å². The van der Waals surface area contributed by atoms with Crippen molar-refractivity contribution < 1.29 is 19.5 Å². The molecule has 22 heavy (non-hydrogen) atoms. The van der Waals surface area contributed by atoms with Crippen molar-refractivity contribution in [2.24, 2.45) is 5.41 Å². The second-order valence-corrected chi connectivity index (χ2v) is 8.14. The van der Waals surface area contributed by atoms with E-state index in [0.717, 1.165) is 3.79 Å². The fourth-order valence-electron chi connectivity index (χ4n) is 2.36. The maximum Gasteiger partial charge on any atom is 0.311 e. The standard InChI is InChI=1S/C14H17BrN2O4S/c1-8(16-11(18)9-3-4-10(15)22-9)12(19)17-6-5-14(2,7-17)13(20)21/h3-4,8H,5-7H2,1-2H3,(H,16,18)(H,20,21). The van der Waals surface area contributed by atoms with Gasteiger partial charge >= 0.3 is 5.97 Å². The summed E-state index contributed by atoms with van der Waals surface area (Å²) in [5.74, 6) is -1.46. The lowest BCUT2D eigenvalue weighted by molar-refractivity contribution is -0.147. The summed E-state index contributed by atoms with van der Waals surface area (Å²) in [5, 5.41) is 11.9. The van der Waals surface area contributed by atoms with Gasteiger partial charge in [-0.3, -0.25) is 14.4 Å². The number of carboxylic acid groups (broad SMARTS) is 1. The van der Waals surface area contributed by atoms with Crippen molar-refractivity contribution in [2.75, 3.05) is 13.1 Å². The van der Waals surface area contributed by atoms with Crippen molar-refractivity contribution in [2.45, 2.75) is 26.3 Å². The third kappa shape index (κ3) is 3.49. The van der Waals surface area contributed by atoms with Crippen LogP contribution in [0, 0.1) is 5.41 Å². The highest BCUT2D eigenvalue weighted by atomic mass is 79.9. The number of carbonyl (C=O) groups excluding carboxylic acids is 2. The average Bonchev–Trinajstić information content (AvgIpc) is 3.05. The zero-order chi connectivity index (χ0) is 16.5. The molecule has 2 atom stereocenters. The number of likely N-dealkylation sites (tertiary alicyclic amines) is 1. The number of halogens is 1.